The van der Waals surface area contributed by atoms with Crippen molar-refractivity contribution in [1.29, 1.82) is 0 Å². The lowest BCUT2D eigenvalue weighted by atomic mass is 9.86. The minimum atomic E-state index is -0.206. The van der Waals surface area contributed by atoms with E-state index in [-0.39, 0.29) is 11.6 Å². The van der Waals surface area contributed by atoms with Gasteiger partial charge in [0.15, 0.2) is 0 Å². The molecular formula is C21H26O2. The van der Waals surface area contributed by atoms with E-state index in [4.69, 9.17) is 4.74 Å². The summed E-state index contributed by atoms with van der Waals surface area (Å²) in [5.41, 5.74) is 1.84. The van der Waals surface area contributed by atoms with E-state index in [0.29, 0.717) is 11.8 Å². The number of hydrogen-bond donors (Lipinski definition) is 0. The number of fused-ring (bicyclic) bond motifs is 2. The summed E-state index contributed by atoms with van der Waals surface area (Å²) in [5, 5.41) is 0. The molecule has 3 aliphatic carbocycles. The first-order chi connectivity index (χ1) is 11.2. The molecule has 2 fully saturated rings. The summed E-state index contributed by atoms with van der Waals surface area (Å²) in [6.07, 6.45) is 12.6. The van der Waals surface area contributed by atoms with Crippen LogP contribution in [0.3, 0.4) is 0 Å². The SMILES string of the molecule is CCC1(OC(=O)c2cccc(C3CC4C=CC3C4)c2)CCCC1. The van der Waals surface area contributed by atoms with E-state index in [1.54, 1.807) is 0 Å². The average molecular weight is 310 g/mol. The van der Waals surface area contributed by atoms with Crippen molar-refractivity contribution in [3.63, 3.8) is 0 Å². The number of carbonyl (C=O) groups is 1. The Morgan fingerprint density at radius 1 is 1.22 bits per heavy atom. The van der Waals surface area contributed by atoms with Crippen molar-refractivity contribution in [3.05, 3.63) is 47.5 Å². The monoisotopic (exact) mass is 310 g/mol. The Balaban J connectivity index is 1.52. The minimum Gasteiger partial charge on any atom is -0.455 e. The second kappa shape index (κ2) is 5.81. The quantitative estimate of drug-likeness (QED) is 0.561. The van der Waals surface area contributed by atoms with Gasteiger partial charge < -0.3 is 4.74 Å². The number of ether oxygens (including phenoxy) is 1. The molecule has 0 heterocycles. The smallest absolute Gasteiger partial charge is 0.338 e. The number of esters is 1. The fourth-order valence-corrected chi connectivity index (χ4v) is 4.86. The summed E-state index contributed by atoms with van der Waals surface area (Å²) < 4.78 is 5.96. The van der Waals surface area contributed by atoms with Gasteiger partial charge in [-0.3, -0.25) is 0 Å². The fraction of sp³-hybridized carbons (Fsp3) is 0.571. The van der Waals surface area contributed by atoms with Gasteiger partial charge >= 0.3 is 5.97 Å². The molecule has 0 spiro atoms. The summed E-state index contributed by atoms with van der Waals surface area (Å²) in [5.74, 6) is 1.88. The maximum absolute atomic E-state index is 12.7. The zero-order chi connectivity index (χ0) is 15.9. The molecule has 2 saturated carbocycles. The Morgan fingerprint density at radius 3 is 2.70 bits per heavy atom. The summed E-state index contributed by atoms with van der Waals surface area (Å²) in [6.45, 7) is 2.14. The van der Waals surface area contributed by atoms with E-state index in [0.717, 1.165) is 30.7 Å². The molecule has 0 radical (unpaired) electrons. The topological polar surface area (TPSA) is 26.3 Å². The van der Waals surface area contributed by atoms with Crippen LogP contribution >= 0.6 is 0 Å². The summed E-state index contributed by atoms with van der Waals surface area (Å²) in [7, 11) is 0. The highest BCUT2D eigenvalue weighted by molar-refractivity contribution is 5.90. The van der Waals surface area contributed by atoms with Gasteiger partial charge in [0.2, 0.25) is 0 Å². The zero-order valence-electron chi connectivity index (χ0n) is 14.0. The average Bonchev–Trinajstić information content (AvgIpc) is 3.32. The van der Waals surface area contributed by atoms with E-state index in [1.165, 1.54) is 31.2 Å². The molecule has 2 nitrogen and oxygen atoms in total. The highest BCUT2D eigenvalue weighted by Crippen LogP contribution is 2.48. The number of hydrogen-bond acceptors (Lipinski definition) is 2. The zero-order valence-corrected chi connectivity index (χ0v) is 14.0. The molecule has 0 N–H and O–H groups in total. The van der Waals surface area contributed by atoms with Crippen LogP contribution in [0, 0.1) is 11.8 Å². The van der Waals surface area contributed by atoms with E-state index in [1.807, 2.05) is 12.1 Å². The highest BCUT2D eigenvalue weighted by atomic mass is 16.6. The molecule has 1 aromatic carbocycles. The van der Waals surface area contributed by atoms with E-state index >= 15 is 0 Å². The third kappa shape index (κ3) is 2.73. The van der Waals surface area contributed by atoms with Crippen LogP contribution in [0.25, 0.3) is 0 Å². The van der Waals surface area contributed by atoms with E-state index < -0.39 is 0 Å². The Morgan fingerprint density at radius 2 is 2.04 bits per heavy atom. The van der Waals surface area contributed by atoms with Crippen molar-refractivity contribution in [2.45, 2.75) is 63.4 Å². The van der Waals surface area contributed by atoms with Crippen molar-refractivity contribution in [3.8, 4) is 0 Å². The van der Waals surface area contributed by atoms with Gasteiger partial charge in [0, 0.05) is 0 Å². The van der Waals surface area contributed by atoms with Crippen LogP contribution in [-0.2, 0) is 4.74 Å². The second-order valence-electron chi connectivity index (χ2n) is 7.65. The van der Waals surface area contributed by atoms with Crippen molar-refractivity contribution in [1.82, 2.24) is 0 Å². The molecule has 2 heteroatoms. The van der Waals surface area contributed by atoms with Crippen molar-refractivity contribution >= 4 is 5.97 Å². The highest BCUT2D eigenvalue weighted by Gasteiger charge is 2.38. The molecule has 0 amide bonds. The van der Waals surface area contributed by atoms with Gasteiger partial charge in [-0.2, -0.15) is 0 Å². The first-order valence-electron chi connectivity index (χ1n) is 9.21. The Kier molecular flexibility index (Phi) is 3.79. The number of rotatable bonds is 4. The third-order valence-corrected chi connectivity index (χ3v) is 6.30. The molecule has 122 valence electrons. The molecule has 3 atom stereocenters. The van der Waals surface area contributed by atoms with Crippen LogP contribution in [0.15, 0.2) is 36.4 Å². The molecule has 2 bridgehead atoms. The molecule has 0 aromatic heterocycles. The summed E-state index contributed by atoms with van der Waals surface area (Å²) in [4.78, 5) is 12.7. The van der Waals surface area contributed by atoms with Crippen molar-refractivity contribution < 1.29 is 9.53 Å². The molecule has 1 aromatic rings. The first-order valence-corrected chi connectivity index (χ1v) is 9.21. The molecule has 3 unspecified atom stereocenters. The van der Waals surface area contributed by atoms with Gasteiger partial charge in [-0.15, -0.1) is 0 Å². The molecule has 0 saturated heterocycles. The van der Waals surface area contributed by atoms with Gasteiger partial charge in [0.1, 0.15) is 5.60 Å². The standard InChI is InChI=1S/C21H26O2/c1-2-21(10-3-4-11-21)23-20(22)18-7-5-6-16(14-18)19-13-15-8-9-17(19)12-15/h5-9,14-15,17,19H,2-4,10-13H2,1H3. The van der Waals surface area contributed by atoms with Crippen molar-refractivity contribution in [2.24, 2.45) is 11.8 Å². The molecular weight excluding hydrogens is 284 g/mol. The predicted molar refractivity (Wildman–Crippen MR) is 91.4 cm³/mol. The largest absolute Gasteiger partial charge is 0.455 e. The predicted octanol–water partition coefficient (Wildman–Crippen LogP) is 5.25. The van der Waals surface area contributed by atoms with E-state index in [9.17, 15) is 4.79 Å². The van der Waals surface area contributed by atoms with Gasteiger partial charge in [0.25, 0.3) is 0 Å². The van der Waals surface area contributed by atoms with Crippen LogP contribution in [0.4, 0.5) is 0 Å². The second-order valence-corrected chi connectivity index (χ2v) is 7.65. The van der Waals surface area contributed by atoms with Crippen LogP contribution in [-0.4, -0.2) is 11.6 Å². The number of carbonyl (C=O) groups excluding carboxylic acids is 1. The maximum Gasteiger partial charge on any atom is 0.338 e. The van der Waals surface area contributed by atoms with Crippen LogP contribution in [0.1, 0.15) is 73.7 Å². The van der Waals surface area contributed by atoms with Gasteiger partial charge in [-0.05, 0) is 80.4 Å². The summed E-state index contributed by atoms with van der Waals surface area (Å²) in [6, 6.07) is 8.20. The number of allylic oxidation sites excluding steroid dienone is 2. The molecule has 3 aliphatic rings. The lowest BCUT2D eigenvalue weighted by Crippen LogP contribution is -2.31. The third-order valence-electron chi connectivity index (χ3n) is 6.30. The van der Waals surface area contributed by atoms with Crippen LogP contribution in [0.2, 0.25) is 0 Å². The lowest BCUT2D eigenvalue weighted by molar-refractivity contribution is -0.0172. The lowest BCUT2D eigenvalue weighted by Gasteiger charge is -2.28. The Labute approximate surface area is 138 Å². The molecule has 0 aliphatic heterocycles. The fourth-order valence-electron chi connectivity index (χ4n) is 4.86. The molecule has 4 rings (SSSR count). The van der Waals surface area contributed by atoms with Gasteiger partial charge in [-0.1, -0.05) is 31.2 Å². The van der Waals surface area contributed by atoms with Crippen LogP contribution in [0.5, 0.6) is 0 Å². The number of benzene rings is 1. The van der Waals surface area contributed by atoms with Crippen molar-refractivity contribution in [2.75, 3.05) is 0 Å². The first kappa shape index (κ1) is 15.0. The normalized spacial score (nSPS) is 30.7. The summed E-state index contributed by atoms with van der Waals surface area (Å²) >= 11 is 0. The van der Waals surface area contributed by atoms with Gasteiger partial charge in [0.05, 0.1) is 5.56 Å². The minimum absolute atomic E-state index is 0.130. The maximum atomic E-state index is 12.7. The molecule has 23 heavy (non-hydrogen) atoms. The Hall–Kier alpha value is -1.57. The van der Waals surface area contributed by atoms with Crippen LogP contribution < -0.4 is 0 Å². The van der Waals surface area contributed by atoms with E-state index in [2.05, 4.69) is 31.2 Å². The Bertz CT molecular complexity index is 624. The van der Waals surface area contributed by atoms with Gasteiger partial charge in [-0.25, -0.2) is 4.79 Å².